The lowest BCUT2D eigenvalue weighted by atomic mass is 10.2. The minimum atomic E-state index is -0.361. The van der Waals surface area contributed by atoms with Gasteiger partial charge in [0.2, 0.25) is 11.8 Å². The summed E-state index contributed by atoms with van der Waals surface area (Å²) in [6.07, 6.45) is 0.249. The van der Waals surface area contributed by atoms with E-state index in [1.165, 1.54) is 0 Å². The Labute approximate surface area is 91.0 Å². The van der Waals surface area contributed by atoms with E-state index in [0.29, 0.717) is 0 Å². The molecule has 0 aliphatic heterocycles. The van der Waals surface area contributed by atoms with Crippen LogP contribution in [0.4, 0.5) is 0 Å². The number of carbonyl (C=O) groups excluding carboxylic acids is 2. The second-order valence-corrected chi connectivity index (χ2v) is 4.05. The maximum Gasteiger partial charge on any atom is 0.236 e. The lowest BCUT2D eigenvalue weighted by Crippen LogP contribution is -2.42. The molecule has 0 radical (unpaired) electrons. The van der Waals surface area contributed by atoms with Gasteiger partial charge < -0.3 is 16.0 Å². The number of hydrogen-bond donors (Lipinski definition) is 2. The topological polar surface area (TPSA) is 75.4 Å². The van der Waals surface area contributed by atoms with Gasteiger partial charge >= 0.3 is 0 Å². The van der Waals surface area contributed by atoms with Crippen LogP contribution in [-0.2, 0) is 9.59 Å². The highest BCUT2D eigenvalue weighted by molar-refractivity contribution is 5.78. The van der Waals surface area contributed by atoms with E-state index in [-0.39, 0.29) is 36.9 Å². The molecule has 0 aromatic rings. The molecule has 5 heteroatoms. The highest BCUT2D eigenvalue weighted by Crippen LogP contribution is 1.94. The molecule has 0 bridgehead atoms. The van der Waals surface area contributed by atoms with Crippen LogP contribution in [-0.4, -0.2) is 42.4 Å². The third kappa shape index (κ3) is 6.06. The summed E-state index contributed by atoms with van der Waals surface area (Å²) in [7, 11) is 1.76. The van der Waals surface area contributed by atoms with Gasteiger partial charge in [0.15, 0.2) is 0 Å². The molecule has 0 saturated heterocycles. The molecule has 1 unspecified atom stereocenters. The van der Waals surface area contributed by atoms with Crippen molar-refractivity contribution in [1.29, 1.82) is 0 Å². The molecule has 0 aromatic carbocycles. The van der Waals surface area contributed by atoms with E-state index in [1.54, 1.807) is 11.9 Å². The fourth-order valence-electron chi connectivity index (χ4n) is 1.05. The van der Waals surface area contributed by atoms with Crippen molar-refractivity contribution in [2.75, 3.05) is 13.6 Å². The van der Waals surface area contributed by atoms with E-state index in [1.807, 2.05) is 20.8 Å². The van der Waals surface area contributed by atoms with Crippen LogP contribution in [0.15, 0.2) is 0 Å². The summed E-state index contributed by atoms with van der Waals surface area (Å²) in [5.41, 5.74) is 5.03. The van der Waals surface area contributed by atoms with E-state index in [0.717, 1.165) is 0 Å². The molecule has 0 aromatic heterocycles. The molecule has 5 nitrogen and oxygen atoms in total. The number of nitrogens with two attached hydrogens (primary N) is 1. The molecule has 2 amide bonds. The number of likely N-dealkylation sites (N-methyl/N-ethyl adjacent to an activating group) is 1. The number of nitrogens with one attached hydrogen (secondary N) is 1. The monoisotopic (exact) mass is 215 g/mol. The number of amides is 2. The Kier molecular flexibility index (Phi) is 5.93. The Morgan fingerprint density at radius 2 is 1.87 bits per heavy atom. The maximum absolute atomic E-state index is 11.5. The predicted molar refractivity (Wildman–Crippen MR) is 59.2 cm³/mol. The van der Waals surface area contributed by atoms with Gasteiger partial charge in [-0.15, -0.1) is 0 Å². The molecule has 3 N–H and O–H groups in total. The number of primary amides is 1. The zero-order chi connectivity index (χ0) is 12.0. The molecule has 1 atom stereocenters. The Bertz CT molecular complexity index is 229. The molecule has 0 rings (SSSR count). The Balaban J connectivity index is 3.85. The summed E-state index contributed by atoms with van der Waals surface area (Å²) in [5.74, 6) is -0.346. The number of hydrogen-bond acceptors (Lipinski definition) is 3. The second-order valence-electron chi connectivity index (χ2n) is 4.05. The number of nitrogens with zero attached hydrogens (tertiary/aromatic N) is 1. The largest absolute Gasteiger partial charge is 0.370 e. The van der Waals surface area contributed by atoms with E-state index >= 15 is 0 Å². The SMILES string of the molecule is CC(CC(N)=O)NCC(=O)N(C)C(C)C. The Morgan fingerprint density at radius 3 is 2.27 bits per heavy atom. The smallest absolute Gasteiger partial charge is 0.236 e. The van der Waals surface area contributed by atoms with E-state index in [2.05, 4.69) is 5.32 Å². The van der Waals surface area contributed by atoms with Crippen LogP contribution in [0, 0.1) is 0 Å². The fourth-order valence-corrected chi connectivity index (χ4v) is 1.05. The van der Waals surface area contributed by atoms with Gasteiger partial charge in [0, 0.05) is 25.6 Å². The molecule has 15 heavy (non-hydrogen) atoms. The average Bonchev–Trinajstić information content (AvgIpc) is 2.11. The average molecular weight is 215 g/mol. The summed E-state index contributed by atoms with van der Waals surface area (Å²) in [6, 6.07) is 0.123. The fraction of sp³-hybridized carbons (Fsp3) is 0.800. The highest BCUT2D eigenvalue weighted by Gasteiger charge is 2.13. The van der Waals surface area contributed by atoms with Crippen LogP contribution < -0.4 is 11.1 Å². The zero-order valence-corrected chi connectivity index (χ0v) is 9.91. The summed E-state index contributed by atoms with van der Waals surface area (Å²) in [4.78, 5) is 23.8. The second kappa shape index (κ2) is 6.40. The lowest BCUT2D eigenvalue weighted by Gasteiger charge is -2.22. The van der Waals surface area contributed by atoms with Gasteiger partial charge in [-0.3, -0.25) is 9.59 Å². The molecule has 0 fully saturated rings. The minimum absolute atomic E-state index is 0.0151. The first-order valence-electron chi connectivity index (χ1n) is 5.12. The van der Waals surface area contributed by atoms with E-state index < -0.39 is 0 Å². The van der Waals surface area contributed by atoms with Gasteiger partial charge in [-0.25, -0.2) is 0 Å². The van der Waals surface area contributed by atoms with Crippen molar-refractivity contribution in [1.82, 2.24) is 10.2 Å². The first kappa shape index (κ1) is 13.9. The molecule has 0 heterocycles. The van der Waals surface area contributed by atoms with E-state index in [4.69, 9.17) is 5.73 Å². The van der Waals surface area contributed by atoms with Crippen molar-refractivity contribution in [3.05, 3.63) is 0 Å². The van der Waals surface area contributed by atoms with Crippen LogP contribution >= 0.6 is 0 Å². The van der Waals surface area contributed by atoms with Gasteiger partial charge in [-0.2, -0.15) is 0 Å². The van der Waals surface area contributed by atoms with Crippen molar-refractivity contribution >= 4 is 11.8 Å². The van der Waals surface area contributed by atoms with Crippen LogP contribution in [0.2, 0.25) is 0 Å². The van der Waals surface area contributed by atoms with E-state index in [9.17, 15) is 9.59 Å². The summed E-state index contributed by atoms with van der Waals surface area (Å²) < 4.78 is 0. The Morgan fingerprint density at radius 1 is 1.33 bits per heavy atom. The van der Waals surface area contributed by atoms with Gasteiger partial charge in [-0.05, 0) is 20.8 Å². The van der Waals surface area contributed by atoms with Crippen molar-refractivity contribution in [3.8, 4) is 0 Å². The van der Waals surface area contributed by atoms with Crippen molar-refractivity contribution in [2.24, 2.45) is 5.73 Å². The molecule has 88 valence electrons. The van der Waals surface area contributed by atoms with Crippen LogP contribution in [0.5, 0.6) is 0 Å². The number of rotatable bonds is 6. The predicted octanol–water partition coefficient (Wildman–Crippen LogP) is -0.293. The standard InChI is InChI=1S/C10H21N3O2/c1-7(2)13(4)10(15)6-12-8(3)5-9(11)14/h7-8,12H,5-6H2,1-4H3,(H2,11,14). The van der Waals surface area contributed by atoms with Crippen molar-refractivity contribution in [2.45, 2.75) is 39.3 Å². The molecular weight excluding hydrogens is 194 g/mol. The summed E-state index contributed by atoms with van der Waals surface area (Å²) >= 11 is 0. The first-order valence-corrected chi connectivity index (χ1v) is 5.12. The van der Waals surface area contributed by atoms with Gasteiger partial charge in [-0.1, -0.05) is 0 Å². The minimum Gasteiger partial charge on any atom is -0.370 e. The van der Waals surface area contributed by atoms with Gasteiger partial charge in [0.05, 0.1) is 6.54 Å². The van der Waals surface area contributed by atoms with Crippen LogP contribution in [0.25, 0.3) is 0 Å². The Hall–Kier alpha value is -1.10. The third-order valence-electron chi connectivity index (χ3n) is 2.28. The lowest BCUT2D eigenvalue weighted by molar-refractivity contribution is -0.130. The van der Waals surface area contributed by atoms with Gasteiger partial charge in [0.1, 0.15) is 0 Å². The van der Waals surface area contributed by atoms with Gasteiger partial charge in [0.25, 0.3) is 0 Å². The van der Waals surface area contributed by atoms with Crippen LogP contribution in [0.3, 0.4) is 0 Å². The molecule has 0 spiro atoms. The highest BCUT2D eigenvalue weighted by atomic mass is 16.2. The molecular formula is C10H21N3O2. The molecule has 0 saturated carbocycles. The van der Waals surface area contributed by atoms with Crippen molar-refractivity contribution in [3.63, 3.8) is 0 Å². The maximum atomic E-state index is 11.5. The quantitative estimate of drug-likeness (QED) is 0.639. The number of carbonyl (C=O) groups is 2. The summed E-state index contributed by atoms with van der Waals surface area (Å²) in [5, 5.41) is 2.96. The zero-order valence-electron chi connectivity index (χ0n) is 9.91. The molecule has 0 aliphatic carbocycles. The van der Waals surface area contributed by atoms with Crippen molar-refractivity contribution < 1.29 is 9.59 Å². The first-order chi connectivity index (χ1) is 6.84. The van der Waals surface area contributed by atoms with Crippen LogP contribution in [0.1, 0.15) is 27.2 Å². The molecule has 0 aliphatic rings. The summed E-state index contributed by atoms with van der Waals surface area (Å²) in [6.45, 7) is 5.96. The third-order valence-corrected chi connectivity index (χ3v) is 2.28. The normalized spacial score (nSPS) is 12.6.